The number of aryl methyl sites for hydroxylation is 1. The Hall–Kier alpha value is -1.91. The molecule has 0 spiro atoms. The third-order valence-electron chi connectivity index (χ3n) is 2.60. The molecule has 0 atom stereocenters. The number of aromatic nitrogens is 3. The number of nitrogens with one attached hydrogen (secondary N) is 1. The smallest absolute Gasteiger partial charge is 0.247 e. The highest BCUT2D eigenvalue weighted by Gasteiger charge is 2.05. The molecule has 2 aromatic rings. The van der Waals surface area contributed by atoms with Crippen molar-refractivity contribution in [2.24, 2.45) is 0 Å². The molecule has 0 aliphatic carbocycles. The summed E-state index contributed by atoms with van der Waals surface area (Å²) in [5.41, 5.74) is 1.94. The van der Waals surface area contributed by atoms with Gasteiger partial charge in [-0.25, -0.2) is 9.50 Å². The Morgan fingerprint density at radius 1 is 1.47 bits per heavy atom. The summed E-state index contributed by atoms with van der Waals surface area (Å²) in [6.45, 7) is 4.02. The maximum atomic E-state index is 11.5. The predicted molar refractivity (Wildman–Crippen MR) is 65.9 cm³/mol. The first-order chi connectivity index (χ1) is 8.20. The number of hydrogen-bond acceptors (Lipinski definition) is 3. The summed E-state index contributed by atoms with van der Waals surface area (Å²) in [6.07, 6.45) is 4.11. The van der Waals surface area contributed by atoms with Crippen LogP contribution in [0.1, 0.15) is 31.9 Å². The lowest BCUT2D eigenvalue weighted by atomic mass is 10.2. The molecular weight excluding hydrogens is 216 g/mol. The van der Waals surface area contributed by atoms with E-state index in [1.165, 1.54) is 0 Å². The van der Waals surface area contributed by atoms with E-state index in [0.717, 1.165) is 24.1 Å². The first-order valence-corrected chi connectivity index (χ1v) is 5.82. The minimum absolute atomic E-state index is 0.0315. The van der Waals surface area contributed by atoms with Gasteiger partial charge in [-0.05, 0) is 25.5 Å². The van der Waals surface area contributed by atoms with E-state index < -0.39 is 0 Å². The fraction of sp³-hybridized carbons (Fsp3) is 0.417. The van der Waals surface area contributed by atoms with Crippen LogP contribution < -0.4 is 5.32 Å². The number of hydrogen-bond donors (Lipinski definition) is 1. The molecule has 0 bridgehead atoms. The number of carbonyl (C=O) groups is 1. The summed E-state index contributed by atoms with van der Waals surface area (Å²) in [4.78, 5) is 15.6. The lowest BCUT2D eigenvalue weighted by molar-refractivity contribution is -0.116. The standard InChI is InChI=1S/C12H16N4O/c1-3-4-5-11(17)14-12-13-8-10-7-6-9(2)16(10)15-12/h6-8H,3-5H2,1-2H3,(H,14,15,17). The molecular formula is C12H16N4O. The Morgan fingerprint density at radius 3 is 3.06 bits per heavy atom. The van der Waals surface area contributed by atoms with Crippen molar-refractivity contribution in [2.45, 2.75) is 33.1 Å². The van der Waals surface area contributed by atoms with E-state index in [0.29, 0.717) is 12.4 Å². The van der Waals surface area contributed by atoms with Crippen LogP contribution in [0, 0.1) is 6.92 Å². The highest BCUT2D eigenvalue weighted by Crippen LogP contribution is 2.08. The van der Waals surface area contributed by atoms with Gasteiger partial charge in [-0.3, -0.25) is 10.1 Å². The number of fused-ring (bicyclic) bond motifs is 1. The average Bonchev–Trinajstić information content (AvgIpc) is 2.68. The molecule has 5 heteroatoms. The van der Waals surface area contributed by atoms with Crippen LogP contribution in [0.3, 0.4) is 0 Å². The van der Waals surface area contributed by atoms with Gasteiger partial charge in [0, 0.05) is 12.1 Å². The molecule has 0 fully saturated rings. The number of carbonyl (C=O) groups excluding carboxylic acids is 1. The van der Waals surface area contributed by atoms with Crippen molar-refractivity contribution >= 4 is 17.4 Å². The van der Waals surface area contributed by atoms with Gasteiger partial charge in [0.1, 0.15) is 0 Å². The van der Waals surface area contributed by atoms with Crippen LogP contribution in [0.4, 0.5) is 5.95 Å². The van der Waals surface area contributed by atoms with Gasteiger partial charge in [-0.15, -0.1) is 5.10 Å². The van der Waals surface area contributed by atoms with Gasteiger partial charge in [0.15, 0.2) is 0 Å². The Labute approximate surface area is 99.9 Å². The maximum Gasteiger partial charge on any atom is 0.247 e. The lowest BCUT2D eigenvalue weighted by Gasteiger charge is -2.04. The van der Waals surface area contributed by atoms with Gasteiger partial charge in [0.25, 0.3) is 0 Å². The van der Waals surface area contributed by atoms with Gasteiger partial charge in [0.05, 0.1) is 11.7 Å². The molecule has 17 heavy (non-hydrogen) atoms. The second-order valence-corrected chi connectivity index (χ2v) is 4.04. The predicted octanol–water partition coefficient (Wildman–Crippen LogP) is 2.17. The van der Waals surface area contributed by atoms with E-state index in [4.69, 9.17) is 0 Å². The van der Waals surface area contributed by atoms with E-state index in [-0.39, 0.29) is 5.91 Å². The quantitative estimate of drug-likeness (QED) is 0.878. The largest absolute Gasteiger partial charge is 0.293 e. The molecule has 1 amide bonds. The van der Waals surface area contributed by atoms with Crippen LogP contribution in [-0.4, -0.2) is 20.5 Å². The normalized spacial score (nSPS) is 10.7. The van der Waals surface area contributed by atoms with Crippen molar-refractivity contribution in [1.82, 2.24) is 14.6 Å². The molecule has 0 saturated heterocycles. The summed E-state index contributed by atoms with van der Waals surface area (Å²) < 4.78 is 1.77. The zero-order valence-electron chi connectivity index (χ0n) is 10.1. The molecule has 1 N–H and O–H groups in total. The van der Waals surface area contributed by atoms with Crippen molar-refractivity contribution < 1.29 is 4.79 Å². The Balaban J connectivity index is 2.13. The Bertz CT molecular complexity index is 532. The Morgan fingerprint density at radius 2 is 2.29 bits per heavy atom. The van der Waals surface area contributed by atoms with Gasteiger partial charge >= 0.3 is 0 Å². The van der Waals surface area contributed by atoms with Crippen molar-refractivity contribution in [3.8, 4) is 0 Å². The second-order valence-electron chi connectivity index (χ2n) is 4.04. The fourth-order valence-electron chi connectivity index (χ4n) is 1.61. The van der Waals surface area contributed by atoms with Crippen LogP contribution in [0.25, 0.3) is 5.52 Å². The van der Waals surface area contributed by atoms with Crippen molar-refractivity contribution in [3.05, 3.63) is 24.0 Å². The van der Waals surface area contributed by atoms with E-state index in [2.05, 4.69) is 22.3 Å². The summed E-state index contributed by atoms with van der Waals surface area (Å²) in [5.74, 6) is 0.328. The highest BCUT2D eigenvalue weighted by molar-refractivity contribution is 5.88. The van der Waals surface area contributed by atoms with E-state index >= 15 is 0 Å². The third kappa shape index (κ3) is 2.61. The van der Waals surface area contributed by atoms with E-state index in [9.17, 15) is 4.79 Å². The highest BCUT2D eigenvalue weighted by atomic mass is 16.1. The van der Waals surface area contributed by atoms with Gasteiger partial charge in [-0.2, -0.15) is 0 Å². The van der Waals surface area contributed by atoms with Crippen LogP contribution in [0.2, 0.25) is 0 Å². The number of anilines is 1. The molecule has 2 rings (SSSR count). The minimum Gasteiger partial charge on any atom is -0.293 e. The molecule has 0 unspecified atom stereocenters. The zero-order valence-corrected chi connectivity index (χ0v) is 10.1. The molecule has 0 aliphatic rings. The minimum atomic E-state index is -0.0315. The SMILES string of the molecule is CCCCC(=O)Nc1ncc2ccc(C)n2n1. The van der Waals surface area contributed by atoms with Crippen LogP contribution in [0.15, 0.2) is 18.3 Å². The number of rotatable bonds is 4. The van der Waals surface area contributed by atoms with E-state index in [1.54, 1.807) is 10.7 Å². The maximum absolute atomic E-state index is 11.5. The van der Waals surface area contributed by atoms with Crippen LogP contribution in [0.5, 0.6) is 0 Å². The average molecular weight is 232 g/mol. The first kappa shape index (κ1) is 11.6. The Kier molecular flexibility index (Phi) is 3.37. The molecule has 90 valence electrons. The summed E-state index contributed by atoms with van der Waals surface area (Å²) >= 11 is 0. The molecule has 0 aromatic carbocycles. The molecule has 0 radical (unpaired) electrons. The topological polar surface area (TPSA) is 59.3 Å². The van der Waals surface area contributed by atoms with Gasteiger partial charge < -0.3 is 0 Å². The van der Waals surface area contributed by atoms with Crippen molar-refractivity contribution in [3.63, 3.8) is 0 Å². The third-order valence-corrected chi connectivity index (χ3v) is 2.60. The molecule has 0 aliphatic heterocycles. The lowest BCUT2D eigenvalue weighted by Crippen LogP contribution is -2.14. The van der Waals surface area contributed by atoms with E-state index in [1.807, 2.05) is 19.1 Å². The van der Waals surface area contributed by atoms with Gasteiger partial charge in [-0.1, -0.05) is 13.3 Å². The zero-order chi connectivity index (χ0) is 12.3. The molecule has 5 nitrogen and oxygen atoms in total. The molecule has 0 saturated carbocycles. The molecule has 2 heterocycles. The summed E-state index contributed by atoms with van der Waals surface area (Å²) in [7, 11) is 0. The summed E-state index contributed by atoms with van der Waals surface area (Å²) in [6, 6.07) is 3.91. The molecule has 2 aromatic heterocycles. The second kappa shape index (κ2) is 4.95. The number of amides is 1. The number of nitrogens with zero attached hydrogens (tertiary/aromatic N) is 3. The monoisotopic (exact) mass is 232 g/mol. The van der Waals surface area contributed by atoms with Crippen LogP contribution >= 0.6 is 0 Å². The van der Waals surface area contributed by atoms with Gasteiger partial charge in [0.2, 0.25) is 11.9 Å². The fourth-order valence-corrected chi connectivity index (χ4v) is 1.61. The van der Waals surface area contributed by atoms with Crippen molar-refractivity contribution in [1.29, 1.82) is 0 Å². The first-order valence-electron chi connectivity index (χ1n) is 5.82. The number of unbranched alkanes of at least 4 members (excludes halogenated alkanes) is 1. The van der Waals surface area contributed by atoms with Crippen LogP contribution in [-0.2, 0) is 4.79 Å². The summed E-state index contributed by atoms with van der Waals surface area (Å²) in [5, 5.41) is 6.96. The van der Waals surface area contributed by atoms with Crippen molar-refractivity contribution in [2.75, 3.05) is 5.32 Å².